The molecule has 27 heavy (non-hydrogen) atoms. The minimum absolute atomic E-state index is 0.150. The number of hydrogen-bond acceptors (Lipinski definition) is 5. The van der Waals surface area contributed by atoms with Crippen molar-refractivity contribution in [3.05, 3.63) is 35.5 Å². The maximum Gasteiger partial charge on any atom is 0.413 e. The number of rotatable bonds is 4. The van der Waals surface area contributed by atoms with Gasteiger partial charge >= 0.3 is 6.09 Å². The number of imidazole rings is 1. The second-order valence-corrected chi connectivity index (χ2v) is 7.74. The van der Waals surface area contributed by atoms with Gasteiger partial charge in [-0.1, -0.05) is 24.3 Å². The maximum absolute atomic E-state index is 12.0. The summed E-state index contributed by atoms with van der Waals surface area (Å²) in [6.07, 6.45) is 1.73. The van der Waals surface area contributed by atoms with Crippen molar-refractivity contribution >= 4 is 18.2 Å². The topological polar surface area (TPSA) is 97.0 Å². The van der Waals surface area contributed by atoms with E-state index < -0.39 is 11.7 Å². The van der Waals surface area contributed by atoms with Crippen molar-refractivity contribution in [3.63, 3.8) is 0 Å². The second kappa shape index (κ2) is 6.54. The fourth-order valence-corrected chi connectivity index (χ4v) is 2.92. The first-order valence-corrected chi connectivity index (χ1v) is 8.73. The van der Waals surface area contributed by atoms with Gasteiger partial charge in [0.25, 0.3) is 0 Å². The average molecular weight is 366 g/mol. The Morgan fingerprint density at radius 1 is 1.33 bits per heavy atom. The van der Waals surface area contributed by atoms with Crippen molar-refractivity contribution < 1.29 is 14.3 Å². The first-order valence-electron chi connectivity index (χ1n) is 8.73. The molecule has 7 nitrogen and oxygen atoms in total. The van der Waals surface area contributed by atoms with E-state index in [2.05, 4.69) is 16.4 Å². The predicted molar refractivity (Wildman–Crippen MR) is 100 cm³/mol. The van der Waals surface area contributed by atoms with Gasteiger partial charge in [-0.3, -0.25) is 10.1 Å². The third kappa shape index (κ3) is 3.70. The van der Waals surface area contributed by atoms with Crippen LogP contribution in [0.25, 0.3) is 11.4 Å². The number of aldehydes is 1. The van der Waals surface area contributed by atoms with E-state index >= 15 is 0 Å². The van der Waals surface area contributed by atoms with Crippen LogP contribution >= 0.6 is 0 Å². The molecule has 0 bridgehead atoms. The van der Waals surface area contributed by atoms with Crippen LogP contribution in [0.5, 0.6) is 0 Å². The zero-order valence-electron chi connectivity index (χ0n) is 15.9. The second-order valence-electron chi connectivity index (χ2n) is 7.74. The van der Waals surface area contributed by atoms with Gasteiger partial charge in [-0.25, -0.2) is 9.78 Å². The van der Waals surface area contributed by atoms with E-state index in [0.717, 1.165) is 24.0 Å². The van der Waals surface area contributed by atoms with Crippen molar-refractivity contribution in [2.45, 2.75) is 44.6 Å². The van der Waals surface area contributed by atoms with Gasteiger partial charge in [0.15, 0.2) is 12.1 Å². The summed E-state index contributed by atoms with van der Waals surface area (Å²) in [5, 5.41) is 11.9. The molecule has 0 radical (unpaired) electrons. The number of ether oxygens (including phenoxy) is 1. The molecule has 0 spiro atoms. The Morgan fingerprint density at radius 2 is 1.96 bits per heavy atom. The van der Waals surface area contributed by atoms with Crippen molar-refractivity contribution in [1.29, 1.82) is 5.26 Å². The third-order valence-corrected chi connectivity index (χ3v) is 4.53. The molecule has 1 N–H and O–H groups in total. The van der Waals surface area contributed by atoms with E-state index in [4.69, 9.17) is 4.74 Å². The van der Waals surface area contributed by atoms with Crippen LogP contribution < -0.4 is 5.32 Å². The number of benzene rings is 1. The summed E-state index contributed by atoms with van der Waals surface area (Å²) in [7, 11) is 1.71. The standard InChI is InChI=1S/C20H22N4O3/c1-19(2,3)27-18(26)23-16-15(11-25)24(4)17(22-16)13-5-7-14(8-6-13)20(12-21)9-10-20/h5-8,11H,9-10H2,1-4H3,(H,23,26). The Labute approximate surface area is 158 Å². The molecule has 1 heterocycles. The lowest BCUT2D eigenvalue weighted by Gasteiger charge is -2.19. The van der Waals surface area contributed by atoms with Gasteiger partial charge in [-0.15, -0.1) is 0 Å². The Balaban J connectivity index is 1.89. The molecule has 1 aromatic heterocycles. The number of carbonyl (C=O) groups excluding carboxylic acids is 2. The number of amides is 1. The summed E-state index contributed by atoms with van der Waals surface area (Å²) in [5.74, 6) is 0.688. The highest BCUT2D eigenvalue weighted by Gasteiger charge is 2.44. The molecule has 1 aliphatic carbocycles. The molecule has 7 heteroatoms. The number of aromatic nitrogens is 2. The Kier molecular flexibility index (Phi) is 4.52. The molecule has 3 rings (SSSR count). The Morgan fingerprint density at radius 3 is 2.44 bits per heavy atom. The van der Waals surface area contributed by atoms with Crippen LogP contribution in [0.1, 0.15) is 49.7 Å². The number of nitrogens with zero attached hydrogens (tertiary/aromatic N) is 3. The summed E-state index contributed by atoms with van der Waals surface area (Å²) in [6, 6.07) is 9.96. The molecule has 0 aliphatic heterocycles. The maximum atomic E-state index is 12.0. The van der Waals surface area contributed by atoms with E-state index in [1.807, 2.05) is 24.3 Å². The van der Waals surface area contributed by atoms with Gasteiger partial charge in [0, 0.05) is 12.6 Å². The lowest BCUT2D eigenvalue weighted by molar-refractivity contribution is 0.0635. The quantitative estimate of drug-likeness (QED) is 0.830. The summed E-state index contributed by atoms with van der Waals surface area (Å²) >= 11 is 0. The van der Waals surface area contributed by atoms with Crippen molar-refractivity contribution in [3.8, 4) is 17.5 Å². The molecular weight excluding hydrogens is 344 g/mol. The van der Waals surface area contributed by atoms with Crippen molar-refractivity contribution in [2.75, 3.05) is 5.32 Å². The zero-order valence-corrected chi connectivity index (χ0v) is 15.9. The summed E-state index contributed by atoms with van der Waals surface area (Å²) < 4.78 is 6.84. The van der Waals surface area contributed by atoms with Crippen LogP contribution in [0.15, 0.2) is 24.3 Å². The molecular formula is C20H22N4O3. The molecule has 1 amide bonds. The van der Waals surface area contributed by atoms with Crippen molar-refractivity contribution in [2.24, 2.45) is 7.05 Å². The molecule has 0 atom stereocenters. The van der Waals surface area contributed by atoms with Crippen LogP contribution in [-0.2, 0) is 17.2 Å². The highest BCUT2D eigenvalue weighted by molar-refractivity contribution is 5.91. The minimum atomic E-state index is -0.671. The number of nitriles is 1. The van der Waals surface area contributed by atoms with Crippen LogP contribution in [0.3, 0.4) is 0 Å². The largest absolute Gasteiger partial charge is 0.444 e. The summed E-state index contributed by atoms with van der Waals surface area (Å²) in [5.41, 5.74) is 1.02. The first kappa shape index (κ1) is 18.6. The minimum Gasteiger partial charge on any atom is -0.444 e. The van der Waals surface area contributed by atoms with Gasteiger partial charge < -0.3 is 9.30 Å². The molecule has 140 valence electrons. The monoisotopic (exact) mass is 366 g/mol. The summed E-state index contributed by atoms with van der Waals surface area (Å²) in [4.78, 5) is 27.9. The highest BCUT2D eigenvalue weighted by Crippen LogP contribution is 2.47. The van der Waals surface area contributed by atoms with Gasteiger partial charge in [0.2, 0.25) is 0 Å². The Hall–Kier alpha value is -3.14. The van der Waals surface area contributed by atoms with Crippen LogP contribution in [0, 0.1) is 11.3 Å². The van der Waals surface area contributed by atoms with Crippen LogP contribution in [0.4, 0.5) is 10.6 Å². The molecule has 1 aromatic carbocycles. The summed E-state index contributed by atoms with van der Waals surface area (Å²) in [6.45, 7) is 5.27. The van der Waals surface area contributed by atoms with E-state index in [1.165, 1.54) is 0 Å². The van der Waals surface area contributed by atoms with Crippen molar-refractivity contribution in [1.82, 2.24) is 9.55 Å². The average Bonchev–Trinajstić information content (AvgIpc) is 3.33. The van der Waals surface area contributed by atoms with Crippen LogP contribution in [-0.4, -0.2) is 27.5 Å². The third-order valence-electron chi connectivity index (χ3n) is 4.53. The van der Waals surface area contributed by atoms with E-state index in [9.17, 15) is 14.9 Å². The molecule has 1 aliphatic rings. The van der Waals surface area contributed by atoms with Gasteiger partial charge in [-0.05, 0) is 39.2 Å². The number of nitrogens with one attached hydrogen (secondary N) is 1. The molecule has 2 aromatic rings. The SMILES string of the molecule is Cn1c(-c2ccc(C3(C#N)CC3)cc2)nc(NC(=O)OC(C)(C)C)c1C=O. The predicted octanol–water partition coefficient (Wildman–Crippen LogP) is 3.80. The van der Waals surface area contributed by atoms with E-state index in [0.29, 0.717) is 12.1 Å². The number of anilines is 1. The molecule has 1 saturated carbocycles. The lowest BCUT2D eigenvalue weighted by Crippen LogP contribution is -2.27. The molecule has 0 saturated heterocycles. The van der Waals surface area contributed by atoms with Gasteiger partial charge in [-0.2, -0.15) is 5.26 Å². The lowest BCUT2D eigenvalue weighted by atomic mass is 9.96. The van der Waals surface area contributed by atoms with Gasteiger partial charge in [0.1, 0.15) is 17.1 Å². The number of hydrogen-bond donors (Lipinski definition) is 1. The first-order chi connectivity index (χ1) is 12.7. The fraction of sp³-hybridized carbons (Fsp3) is 0.400. The van der Waals surface area contributed by atoms with Gasteiger partial charge in [0.05, 0.1) is 11.5 Å². The molecule has 0 unspecified atom stereocenters. The van der Waals surface area contributed by atoms with Crippen LogP contribution in [0.2, 0.25) is 0 Å². The Bertz CT molecular complexity index is 926. The van der Waals surface area contributed by atoms with E-state index in [-0.39, 0.29) is 16.9 Å². The van der Waals surface area contributed by atoms with E-state index in [1.54, 1.807) is 32.4 Å². The number of carbonyl (C=O) groups is 2. The molecule has 1 fully saturated rings. The highest BCUT2D eigenvalue weighted by atomic mass is 16.6. The smallest absolute Gasteiger partial charge is 0.413 e. The normalized spacial score (nSPS) is 14.9. The fourth-order valence-electron chi connectivity index (χ4n) is 2.92. The zero-order chi connectivity index (χ0) is 19.8.